The van der Waals surface area contributed by atoms with Crippen LogP contribution in [0.5, 0.6) is 5.75 Å². The normalized spacial score (nSPS) is 10.6. The Labute approximate surface area is 131 Å². The molecule has 0 aliphatic rings. The monoisotopic (exact) mass is 385 g/mol. The van der Waals surface area contributed by atoms with Gasteiger partial charge in [0, 0.05) is 13.5 Å². The summed E-state index contributed by atoms with van der Waals surface area (Å²) in [5.74, 6) is 1.99. The van der Waals surface area contributed by atoms with Crippen molar-refractivity contribution >= 4 is 28.4 Å². The van der Waals surface area contributed by atoms with Crippen molar-refractivity contribution in [2.75, 3.05) is 20.0 Å². The van der Waals surface area contributed by atoms with Gasteiger partial charge in [-0.2, -0.15) is 0 Å². The summed E-state index contributed by atoms with van der Waals surface area (Å²) in [6, 6.07) is 7.83. The van der Waals surface area contributed by atoms with Crippen LogP contribution < -0.4 is 10.5 Å². The van der Waals surface area contributed by atoms with Crippen molar-refractivity contribution in [3.05, 3.63) is 44.9 Å². The molecule has 0 saturated carbocycles. The number of anilines is 1. The molecule has 1 aromatic carbocycles. The van der Waals surface area contributed by atoms with Crippen LogP contribution in [0.4, 0.5) is 5.82 Å². The minimum absolute atomic E-state index is 0.427. The topological polar surface area (TPSA) is 70.3 Å². The van der Waals surface area contributed by atoms with Gasteiger partial charge in [-0.3, -0.25) is 0 Å². The number of hydrogen-bond acceptors (Lipinski definition) is 5. The smallest absolute Gasteiger partial charge is 0.141 e. The highest BCUT2D eigenvalue weighted by Crippen LogP contribution is 2.19. The molecule has 0 saturated heterocycles. The number of aromatic nitrogens is 2. The SMILES string of the molecule is COCc1nc(Cc2cccc(OC)c2)nc(N)c1I. The van der Waals surface area contributed by atoms with Crippen molar-refractivity contribution in [2.24, 2.45) is 0 Å². The number of methoxy groups -OCH3 is 2. The Morgan fingerprint density at radius 3 is 2.75 bits per heavy atom. The molecule has 106 valence electrons. The second-order valence-corrected chi connectivity index (χ2v) is 5.33. The van der Waals surface area contributed by atoms with E-state index in [1.807, 2.05) is 24.3 Å². The van der Waals surface area contributed by atoms with E-state index in [9.17, 15) is 0 Å². The lowest BCUT2D eigenvalue weighted by atomic mass is 10.1. The van der Waals surface area contributed by atoms with Crippen molar-refractivity contribution in [3.8, 4) is 5.75 Å². The summed E-state index contributed by atoms with van der Waals surface area (Å²) >= 11 is 2.14. The second kappa shape index (κ2) is 6.85. The van der Waals surface area contributed by atoms with Crippen LogP contribution in [0.1, 0.15) is 17.1 Å². The molecule has 2 aromatic rings. The molecule has 0 fully saturated rings. The Morgan fingerprint density at radius 1 is 1.25 bits per heavy atom. The van der Waals surface area contributed by atoms with Crippen LogP contribution in [0, 0.1) is 3.57 Å². The van der Waals surface area contributed by atoms with Gasteiger partial charge >= 0.3 is 0 Å². The minimum atomic E-state index is 0.427. The van der Waals surface area contributed by atoms with Gasteiger partial charge in [0.1, 0.15) is 17.4 Å². The van der Waals surface area contributed by atoms with Gasteiger partial charge in [0.2, 0.25) is 0 Å². The first-order chi connectivity index (χ1) is 9.63. The Balaban J connectivity index is 2.28. The molecule has 0 unspecified atom stereocenters. The average Bonchev–Trinajstić information content (AvgIpc) is 2.44. The molecule has 0 aliphatic carbocycles. The first kappa shape index (κ1) is 15.0. The highest BCUT2D eigenvalue weighted by Gasteiger charge is 2.10. The van der Waals surface area contributed by atoms with Crippen molar-refractivity contribution in [1.82, 2.24) is 9.97 Å². The van der Waals surface area contributed by atoms with E-state index in [0.717, 1.165) is 20.6 Å². The van der Waals surface area contributed by atoms with Crippen LogP contribution in [0.2, 0.25) is 0 Å². The molecule has 0 bridgehead atoms. The van der Waals surface area contributed by atoms with Crippen molar-refractivity contribution in [1.29, 1.82) is 0 Å². The van der Waals surface area contributed by atoms with E-state index in [0.29, 0.717) is 24.7 Å². The summed E-state index contributed by atoms with van der Waals surface area (Å²) in [7, 11) is 3.28. The molecule has 0 amide bonds. The summed E-state index contributed by atoms with van der Waals surface area (Å²) < 4.78 is 11.2. The number of nitrogens with zero attached hydrogens (tertiary/aromatic N) is 2. The zero-order chi connectivity index (χ0) is 14.5. The number of benzene rings is 1. The Hall–Kier alpha value is -1.41. The van der Waals surface area contributed by atoms with E-state index in [1.54, 1.807) is 14.2 Å². The van der Waals surface area contributed by atoms with Crippen molar-refractivity contribution < 1.29 is 9.47 Å². The number of halogens is 1. The fraction of sp³-hybridized carbons (Fsp3) is 0.286. The third kappa shape index (κ3) is 3.57. The standard InChI is InChI=1S/C14H16IN3O2/c1-19-8-11-13(15)14(16)18-12(17-11)7-9-4-3-5-10(6-9)20-2/h3-6H,7-8H2,1-2H3,(H2,16,17,18). The second-order valence-electron chi connectivity index (χ2n) is 4.25. The number of hydrogen-bond donors (Lipinski definition) is 1. The third-order valence-corrected chi connectivity index (χ3v) is 3.94. The zero-order valence-electron chi connectivity index (χ0n) is 11.4. The Bertz CT molecular complexity index is 605. The first-order valence-electron chi connectivity index (χ1n) is 6.06. The molecule has 0 aliphatic heterocycles. The molecule has 6 heteroatoms. The highest BCUT2D eigenvalue weighted by atomic mass is 127. The summed E-state index contributed by atoms with van der Waals surface area (Å²) in [6.07, 6.45) is 0.606. The lowest BCUT2D eigenvalue weighted by Crippen LogP contribution is -2.08. The van der Waals surface area contributed by atoms with E-state index in [-0.39, 0.29) is 0 Å². The molecule has 2 rings (SSSR count). The van der Waals surface area contributed by atoms with Gasteiger partial charge in [-0.25, -0.2) is 9.97 Å². The summed E-state index contributed by atoms with van der Waals surface area (Å²) in [5.41, 5.74) is 7.82. The van der Waals surface area contributed by atoms with Gasteiger partial charge in [0.15, 0.2) is 0 Å². The molecular weight excluding hydrogens is 369 g/mol. The maximum absolute atomic E-state index is 5.92. The summed E-state index contributed by atoms with van der Waals surface area (Å²) in [6.45, 7) is 0.427. The van der Waals surface area contributed by atoms with Gasteiger partial charge in [0.05, 0.1) is 23.0 Å². The highest BCUT2D eigenvalue weighted by molar-refractivity contribution is 14.1. The van der Waals surface area contributed by atoms with Gasteiger partial charge in [0.25, 0.3) is 0 Å². The van der Waals surface area contributed by atoms with Crippen molar-refractivity contribution in [2.45, 2.75) is 13.0 Å². The van der Waals surface area contributed by atoms with Gasteiger partial charge < -0.3 is 15.2 Å². The molecule has 5 nitrogen and oxygen atoms in total. The van der Waals surface area contributed by atoms with Crippen LogP contribution in [0.15, 0.2) is 24.3 Å². The molecule has 20 heavy (non-hydrogen) atoms. The molecule has 0 spiro atoms. The van der Waals surface area contributed by atoms with Crippen LogP contribution in [-0.4, -0.2) is 24.2 Å². The van der Waals surface area contributed by atoms with Gasteiger partial charge in [-0.05, 0) is 40.3 Å². The number of ether oxygens (including phenoxy) is 2. The fourth-order valence-corrected chi connectivity index (χ4v) is 2.24. The lowest BCUT2D eigenvalue weighted by molar-refractivity contribution is 0.180. The molecule has 0 atom stereocenters. The Kier molecular flexibility index (Phi) is 5.13. The molecular formula is C14H16IN3O2. The first-order valence-corrected chi connectivity index (χ1v) is 7.14. The third-order valence-electron chi connectivity index (χ3n) is 2.77. The summed E-state index contributed by atoms with van der Waals surface area (Å²) in [5, 5.41) is 0. The molecule has 1 heterocycles. The number of nitrogen functional groups attached to an aromatic ring is 1. The predicted octanol–water partition coefficient (Wildman–Crippen LogP) is 2.41. The Morgan fingerprint density at radius 2 is 2.05 bits per heavy atom. The fourth-order valence-electron chi connectivity index (χ4n) is 1.84. The van der Waals surface area contributed by atoms with Crippen LogP contribution in [0.3, 0.4) is 0 Å². The van der Waals surface area contributed by atoms with E-state index in [1.165, 1.54) is 0 Å². The lowest BCUT2D eigenvalue weighted by Gasteiger charge is -2.09. The van der Waals surface area contributed by atoms with Crippen molar-refractivity contribution in [3.63, 3.8) is 0 Å². The van der Waals surface area contributed by atoms with Crippen LogP contribution in [0.25, 0.3) is 0 Å². The zero-order valence-corrected chi connectivity index (χ0v) is 13.5. The van der Waals surface area contributed by atoms with Gasteiger partial charge in [-0.1, -0.05) is 12.1 Å². The maximum Gasteiger partial charge on any atom is 0.141 e. The molecule has 2 N–H and O–H groups in total. The number of rotatable bonds is 5. The summed E-state index contributed by atoms with van der Waals surface area (Å²) in [4.78, 5) is 8.84. The molecule has 1 aromatic heterocycles. The minimum Gasteiger partial charge on any atom is -0.497 e. The quantitative estimate of drug-likeness (QED) is 0.801. The average molecular weight is 385 g/mol. The largest absolute Gasteiger partial charge is 0.497 e. The number of nitrogens with two attached hydrogens (primary N) is 1. The molecule has 0 radical (unpaired) electrons. The van der Waals surface area contributed by atoms with E-state index in [2.05, 4.69) is 32.6 Å². The van der Waals surface area contributed by atoms with E-state index < -0.39 is 0 Å². The van der Waals surface area contributed by atoms with E-state index >= 15 is 0 Å². The maximum atomic E-state index is 5.92. The van der Waals surface area contributed by atoms with Crippen LogP contribution in [-0.2, 0) is 17.8 Å². The van der Waals surface area contributed by atoms with Gasteiger partial charge in [-0.15, -0.1) is 0 Å². The van der Waals surface area contributed by atoms with Crippen LogP contribution >= 0.6 is 22.6 Å². The predicted molar refractivity (Wildman–Crippen MR) is 85.7 cm³/mol. The van der Waals surface area contributed by atoms with E-state index in [4.69, 9.17) is 15.2 Å².